The van der Waals surface area contributed by atoms with Gasteiger partial charge in [0, 0.05) is 12.5 Å². The lowest BCUT2D eigenvalue weighted by Gasteiger charge is -2.22. The first-order valence-corrected chi connectivity index (χ1v) is 8.03. The number of hydrogen-bond acceptors (Lipinski definition) is 8. The van der Waals surface area contributed by atoms with Gasteiger partial charge in [0.2, 0.25) is 11.8 Å². The lowest BCUT2D eigenvalue weighted by Crippen LogP contribution is -2.47. The average molecular weight is 332 g/mol. The molecule has 2 heterocycles. The van der Waals surface area contributed by atoms with E-state index in [2.05, 4.69) is 25.0 Å². The summed E-state index contributed by atoms with van der Waals surface area (Å²) >= 11 is 0. The number of imide groups is 1. The van der Waals surface area contributed by atoms with Crippen molar-refractivity contribution in [3.63, 3.8) is 0 Å². The minimum Gasteiger partial charge on any atom is -0.354 e. The summed E-state index contributed by atoms with van der Waals surface area (Å²) in [7, 11) is -3.67. The Morgan fingerprint density at radius 1 is 1.45 bits per heavy atom. The van der Waals surface area contributed by atoms with Gasteiger partial charge in [0.1, 0.15) is 12.6 Å². The van der Waals surface area contributed by atoms with Crippen molar-refractivity contribution in [2.45, 2.75) is 25.5 Å². The Morgan fingerprint density at radius 3 is 2.77 bits per heavy atom. The van der Waals surface area contributed by atoms with E-state index in [1.807, 2.05) is 0 Å². The molecule has 1 aliphatic rings. The van der Waals surface area contributed by atoms with Gasteiger partial charge in [0.05, 0.1) is 11.9 Å². The summed E-state index contributed by atoms with van der Waals surface area (Å²) in [5.41, 5.74) is -0.0169. The van der Waals surface area contributed by atoms with Crippen molar-refractivity contribution in [2.24, 2.45) is 0 Å². The van der Waals surface area contributed by atoms with Crippen LogP contribution in [0.5, 0.6) is 0 Å². The van der Waals surface area contributed by atoms with Crippen LogP contribution >= 0.6 is 0 Å². The van der Waals surface area contributed by atoms with Crippen LogP contribution in [0.2, 0.25) is 0 Å². The molecule has 1 atom stereocenters. The molecule has 1 fully saturated rings. The van der Waals surface area contributed by atoms with Gasteiger partial charge in [-0.15, -0.1) is 5.10 Å². The minimum absolute atomic E-state index is 0.0169. The zero-order chi connectivity index (χ0) is 16.3. The quantitative estimate of drug-likeness (QED) is 0.536. The van der Waals surface area contributed by atoms with E-state index >= 15 is 0 Å². The molecule has 0 saturated carbocycles. The summed E-state index contributed by atoms with van der Waals surface area (Å²) in [5, 5.41) is 11.8. The Morgan fingerprint density at radius 2 is 2.18 bits per heavy atom. The van der Waals surface area contributed by atoms with E-state index in [4.69, 9.17) is 0 Å². The lowest BCUT2D eigenvalue weighted by molar-refractivity contribution is -0.133. The largest absolute Gasteiger partial charge is 0.354 e. The Hall–Kier alpha value is -2.14. The predicted octanol–water partition coefficient (Wildman–Crippen LogP) is -0.691. The average Bonchev–Trinajstić information content (AvgIpc) is 2.41. The number of rotatable bonds is 5. The van der Waals surface area contributed by atoms with E-state index in [0.717, 1.165) is 12.3 Å². The van der Waals surface area contributed by atoms with E-state index in [1.165, 1.54) is 0 Å². The van der Waals surface area contributed by atoms with Gasteiger partial charge in [0.25, 0.3) is 10.1 Å². The van der Waals surface area contributed by atoms with Crippen LogP contribution in [-0.4, -0.2) is 42.7 Å². The van der Waals surface area contributed by atoms with Gasteiger partial charge < -0.3 is 5.32 Å². The summed E-state index contributed by atoms with van der Waals surface area (Å²) in [6.45, 7) is -0.443. The van der Waals surface area contributed by atoms with Crippen molar-refractivity contribution in [3.8, 4) is 0 Å². The number of anilines is 1. The van der Waals surface area contributed by atoms with E-state index in [9.17, 15) is 22.4 Å². The van der Waals surface area contributed by atoms with Crippen molar-refractivity contribution in [1.82, 2.24) is 15.5 Å². The highest BCUT2D eigenvalue weighted by Crippen LogP contribution is 2.15. The molecular formula is C11H13FN4O5S. The second kappa shape index (κ2) is 6.32. The topological polar surface area (TPSA) is 127 Å². The number of nitrogens with zero attached hydrogens (tertiary/aromatic N) is 2. The second-order valence-corrected chi connectivity index (χ2v) is 6.29. The number of hydrogen-bond donors (Lipinski definition) is 2. The highest BCUT2D eigenvalue weighted by Gasteiger charge is 2.27. The van der Waals surface area contributed by atoms with Crippen molar-refractivity contribution in [3.05, 3.63) is 17.6 Å². The van der Waals surface area contributed by atoms with Crippen molar-refractivity contribution in [1.29, 1.82) is 0 Å². The maximum absolute atomic E-state index is 13.9. The molecule has 9 nitrogen and oxygen atoms in total. The fourth-order valence-electron chi connectivity index (χ4n) is 1.74. The lowest BCUT2D eigenvalue weighted by atomic mass is 10.1. The zero-order valence-electron chi connectivity index (χ0n) is 11.5. The monoisotopic (exact) mass is 332 g/mol. The number of carbonyl (C=O) groups excluding carboxylic acids is 2. The van der Waals surface area contributed by atoms with Crippen LogP contribution in [0, 0.1) is 5.82 Å². The summed E-state index contributed by atoms with van der Waals surface area (Å²) in [5.74, 6) is -2.03. The third kappa shape index (κ3) is 4.43. The molecule has 1 aromatic heterocycles. The van der Waals surface area contributed by atoms with Gasteiger partial charge in [-0.05, 0) is 6.42 Å². The fraction of sp³-hybridized carbons (Fsp3) is 0.455. The Kier molecular flexibility index (Phi) is 4.66. The zero-order valence-corrected chi connectivity index (χ0v) is 12.3. The Labute approximate surface area is 125 Å². The van der Waals surface area contributed by atoms with E-state index in [-0.39, 0.29) is 30.3 Å². The molecule has 0 aliphatic carbocycles. The van der Waals surface area contributed by atoms with Gasteiger partial charge in [-0.1, -0.05) is 0 Å². The van der Waals surface area contributed by atoms with Gasteiger partial charge >= 0.3 is 0 Å². The standard InChI is InChI=1S/C11H13FN4O5S/c1-22(19,20)21-5-6-4-7(12)10(16-15-6)13-8-2-3-9(17)14-11(8)18/h4,8H,2-3,5H2,1H3,(H,13,16)(H,14,17,18). The molecule has 0 bridgehead atoms. The SMILES string of the molecule is CS(=O)(=O)OCc1cc(F)c(NC2CCC(=O)NC2=O)nn1. The van der Waals surface area contributed by atoms with E-state index in [1.54, 1.807) is 0 Å². The highest BCUT2D eigenvalue weighted by molar-refractivity contribution is 7.85. The third-order valence-electron chi connectivity index (χ3n) is 2.77. The molecular weight excluding hydrogens is 319 g/mol. The molecule has 22 heavy (non-hydrogen) atoms. The summed E-state index contributed by atoms with van der Waals surface area (Å²) in [6, 6.07) is 0.159. The number of piperidine rings is 1. The fourth-order valence-corrected chi connectivity index (χ4v) is 2.07. The Bertz CT molecular complexity index is 708. The van der Waals surface area contributed by atoms with E-state index in [0.29, 0.717) is 0 Å². The third-order valence-corrected chi connectivity index (χ3v) is 3.32. The summed E-state index contributed by atoms with van der Waals surface area (Å²) in [4.78, 5) is 22.6. The van der Waals surface area contributed by atoms with Gasteiger partial charge in [-0.2, -0.15) is 13.5 Å². The molecule has 0 spiro atoms. The van der Waals surface area contributed by atoms with Gasteiger partial charge in [-0.3, -0.25) is 19.1 Å². The molecule has 1 unspecified atom stereocenters. The van der Waals surface area contributed by atoms with Crippen molar-refractivity contribution < 1.29 is 26.6 Å². The van der Waals surface area contributed by atoms with Crippen LogP contribution in [0.15, 0.2) is 6.07 Å². The normalized spacial score (nSPS) is 18.9. The van der Waals surface area contributed by atoms with Crippen molar-refractivity contribution >= 4 is 27.8 Å². The Balaban J connectivity index is 2.03. The molecule has 0 aromatic carbocycles. The van der Waals surface area contributed by atoms with Gasteiger partial charge in [-0.25, -0.2) is 4.39 Å². The maximum atomic E-state index is 13.9. The second-order valence-electron chi connectivity index (χ2n) is 4.65. The molecule has 2 N–H and O–H groups in total. The molecule has 0 radical (unpaired) electrons. The van der Waals surface area contributed by atoms with Crippen LogP contribution in [0.4, 0.5) is 10.2 Å². The first-order valence-electron chi connectivity index (χ1n) is 6.21. The molecule has 2 amide bonds. The maximum Gasteiger partial charge on any atom is 0.264 e. The molecule has 1 aromatic rings. The number of amides is 2. The predicted molar refractivity (Wildman–Crippen MR) is 71.4 cm³/mol. The van der Waals surface area contributed by atoms with E-state index < -0.39 is 34.5 Å². The van der Waals surface area contributed by atoms with Crippen LogP contribution in [-0.2, 0) is 30.5 Å². The van der Waals surface area contributed by atoms with Crippen LogP contribution in [0.25, 0.3) is 0 Å². The molecule has 120 valence electrons. The smallest absolute Gasteiger partial charge is 0.264 e. The summed E-state index contributed by atoms with van der Waals surface area (Å²) < 4.78 is 40.0. The first-order chi connectivity index (χ1) is 10.2. The molecule has 1 saturated heterocycles. The number of halogens is 1. The highest BCUT2D eigenvalue weighted by atomic mass is 32.2. The number of aromatic nitrogens is 2. The summed E-state index contributed by atoms with van der Waals surface area (Å²) in [6.07, 6.45) is 1.21. The molecule has 2 rings (SSSR count). The number of carbonyl (C=O) groups is 2. The number of nitrogens with one attached hydrogen (secondary N) is 2. The minimum atomic E-state index is -3.67. The van der Waals surface area contributed by atoms with Crippen LogP contribution in [0.3, 0.4) is 0 Å². The van der Waals surface area contributed by atoms with Crippen LogP contribution < -0.4 is 10.6 Å². The van der Waals surface area contributed by atoms with Crippen LogP contribution in [0.1, 0.15) is 18.5 Å². The first kappa shape index (κ1) is 16.2. The van der Waals surface area contributed by atoms with Crippen molar-refractivity contribution in [2.75, 3.05) is 11.6 Å². The molecule has 1 aliphatic heterocycles. The van der Waals surface area contributed by atoms with Gasteiger partial charge in [0.15, 0.2) is 11.6 Å². The molecule has 11 heteroatoms.